The van der Waals surface area contributed by atoms with Gasteiger partial charge in [0.25, 0.3) is 0 Å². The minimum absolute atomic E-state index is 0.132. The third kappa shape index (κ3) is 1.22. The van der Waals surface area contributed by atoms with Crippen LogP contribution in [-0.2, 0) is 9.59 Å². The highest BCUT2D eigenvalue weighted by Gasteiger charge is 2.45. The summed E-state index contributed by atoms with van der Waals surface area (Å²) in [6, 6.07) is 0. The van der Waals surface area contributed by atoms with E-state index >= 15 is 0 Å². The lowest BCUT2D eigenvalue weighted by Gasteiger charge is -2.30. The number of nitrogens with zero attached hydrogens (tertiary/aromatic N) is 1. The summed E-state index contributed by atoms with van der Waals surface area (Å²) in [7, 11) is 0. The maximum Gasteiger partial charge on any atom is 0.240 e. The smallest absolute Gasteiger partial charge is 0.240 e. The lowest BCUT2D eigenvalue weighted by atomic mass is 10.2. The van der Waals surface area contributed by atoms with Crippen molar-refractivity contribution in [3.05, 3.63) is 0 Å². The Hall–Kier alpha value is -0.900. The highest BCUT2D eigenvalue weighted by Crippen LogP contribution is 2.40. The van der Waals surface area contributed by atoms with Gasteiger partial charge in [0, 0.05) is 5.54 Å². The molecular formula is C8H12N2O2. The summed E-state index contributed by atoms with van der Waals surface area (Å²) in [6.45, 7) is 2.85. The number of nitrogens with one attached hydrogen (secondary N) is 1. The number of hydrogen-bond donors (Lipinski definition) is 1. The quantitative estimate of drug-likeness (QED) is 0.537. The Morgan fingerprint density at radius 3 is 2.17 bits per heavy atom. The lowest BCUT2D eigenvalue weighted by Crippen LogP contribution is -2.54. The molecule has 0 spiro atoms. The molecule has 2 rings (SSSR count). The molecule has 1 saturated heterocycles. The van der Waals surface area contributed by atoms with Gasteiger partial charge in [0.15, 0.2) is 0 Å². The first-order valence-corrected chi connectivity index (χ1v) is 4.18. The summed E-state index contributed by atoms with van der Waals surface area (Å²) < 4.78 is 0. The fourth-order valence-corrected chi connectivity index (χ4v) is 1.52. The molecule has 0 atom stereocenters. The molecule has 1 aliphatic carbocycles. The molecule has 0 unspecified atom stereocenters. The first-order valence-electron chi connectivity index (χ1n) is 4.18. The van der Waals surface area contributed by atoms with E-state index in [1.165, 1.54) is 0 Å². The molecule has 0 bridgehead atoms. The van der Waals surface area contributed by atoms with Crippen molar-refractivity contribution in [1.82, 2.24) is 10.2 Å². The Morgan fingerprint density at radius 2 is 1.75 bits per heavy atom. The normalized spacial score (nSPS) is 28.4. The van der Waals surface area contributed by atoms with Crippen molar-refractivity contribution in [1.29, 1.82) is 0 Å². The first-order chi connectivity index (χ1) is 5.60. The second kappa shape index (κ2) is 2.29. The minimum atomic E-state index is -0.167. The summed E-state index contributed by atoms with van der Waals surface area (Å²) in [5, 5.41) is 2.29. The Balaban J connectivity index is 2.07. The zero-order valence-corrected chi connectivity index (χ0v) is 7.09. The predicted octanol–water partition coefficient (Wildman–Crippen LogP) is -0.503. The fourth-order valence-electron chi connectivity index (χ4n) is 1.52. The van der Waals surface area contributed by atoms with E-state index in [4.69, 9.17) is 0 Å². The number of imide groups is 1. The van der Waals surface area contributed by atoms with Gasteiger partial charge in [0.2, 0.25) is 11.8 Å². The van der Waals surface area contributed by atoms with Gasteiger partial charge in [0.05, 0.1) is 13.1 Å². The maximum atomic E-state index is 11.0. The molecule has 0 aromatic rings. The van der Waals surface area contributed by atoms with Crippen molar-refractivity contribution >= 4 is 11.8 Å². The standard InChI is InChI=1S/C8H12N2O2/c1-8(2-3-8)10-4-6(11)9-7(12)5-10/h2-5H2,1H3,(H,9,11,12). The van der Waals surface area contributed by atoms with E-state index in [9.17, 15) is 9.59 Å². The van der Waals surface area contributed by atoms with Gasteiger partial charge in [-0.3, -0.25) is 19.8 Å². The average Bonchev–Trinajstić information content (AvgIpc) is 2.67. The topological polar surface area (TPSA) is 49.4 Å². The van der Waals surface area contributed by atoms with Crippen molar-refractivity contribution < 1.29 is 9.59 Å². The van der Waals surface area contributed by atoms with Crippen LogP contribution in [0, 0.1) is 0 Å². The van der Waals surface area contributed by atoms with Gasteiger partial charge in [0.1, 0.15) is 0 Å². The molecule has 4 nitrogen and oxygen atoms in total. The van der Waals surface area contributed by atoms with Crippen molar-refractivity contribution in [3.8, 4) is 0 Å². The molecule has 1 N–H and O–H groups in total. The van der Waals surface area contributed by atoms with Crippen LogP contribution >= 0.6 is 0 Å². The minimum Gasteiger partial charge on any atom is -0.294 e. The van der Waals surface area contributed by atoms with Crippen LogP contribution in [0.4, 0.5) is 0 Å². The number of carbonyl (C=O) groups is 2. The number of carbonyl (C=O) groups excluding carboxylic acids is 2. The number of piperazine rings is 1. The third-order valence-corrected chi connectivity index (χ3v) is 2.68. The average molecular weight is 168 g/mol. The van der Waals surface area contributed by atoms with Crippen LogP contribution in [0.1, 0.15) is 19.8 Å². The summed E-state index contributed by atoms with van der Waals surface area (Å²) in [5.74, 6) is -0.334. The van der Waals surface area contributed by atoms with Crippen molar-refractivity contribution in [2.45, 2.75) is 25.3 Å². The van der Waals surface area contributed by atoms with Crippen LogP contribution in [0.2, 0.25) is 0 Å². The van der Waals surface area contributed by atoms with Crippen molar-refractivity contribution in [2.75, 3.05) is 13.1 Å². The second-order valence-corrected chi connectivity index (χ2v) is 3.82. The predicted molar refractivity (Wildman–Crippen MR) is 42.4 cm³/mol. The first kappa shape index (κ1) is 7.73. The highest BCUT2D eigenvalue weighted by molar-refractivity contribution is 5.99. The molecule has 66 valence electrons. The summed E-state index contributed by atoms with van der Waals surface area (Å²) in [4.78, 5) is 23.9. The highest BCUT2D eigenvalue weighted by atomic mass is 16.2. The van der Waals surface area contributed by atoms with Crippen LogP contribution < -0.4 is 5.32 Å². The molecule has 1 saturated carbocycles. The van der Waals surface area contributed by atoms with Crippen LogP contribution in [0.5, 0.6) is 0 Å². The summed E-state index contributed by atoms with van der Waals surface area (Å²) >= 11 is 0. The fraction of sp³-hybridized carbons (Fsp3) is 0.750. The maximum absolute atomic E-state index is 11.0. The summed E-state index contributed by atoms with van der Waals surface area (Å²) in [6.07, 6.45) is 2.21. The van der Waals surface area contributed by atoms with E-state index in [2.05, 4.69) is 12.2 Å². The zero-order chi connectivity index (χ0) is 8.77. The Labute approximate surface area is 70.9 Å². The second-order valence-electron chi connectivity index (χ2n) is 3.82. The molecule has 0 radical (unpaired) electrons. The van der Waals surface area contributed by atoms with Crippen LogP contribution in [0.15, 0.2) is 0 Å². The number of hydrogen-bond acceptors (Lipinski definition) is 3. The Kier molecular flexibility index (Phi) is 1.48. The van der Waals surface area contributed by atoms with Gasteiger partial charge < -0.3 is 0 Å². The molecule has 2 fully saturated rings. The Bertz CT molecular complexity index is 229. The van der Waals surface area contributed by atoms with Crippen LogP contribution in [0.3, 0.4) is 0 Å². The van der Waals surface area contributed by atoms with Crippen LogP contribution in [0.25, 0.3) is 0 Å². The molecule has 2 aliphatic rings. The number of amides is 2. The van der Waals surface area contributed by atoms with Gasteiger partial charge in [-0.1, -0.05) is 0 Å². The largest absolute Gasteiger partial charge is 0.294 e. The van der Waals surface area contributed by atoms with Crippen molar-refractivity contribution in [3.63, 3.8) is 0 Å². The van der Waals surface area contributed by atoms with Gasteiger partial charge in [-0.2, -0.15) is 0 Å². The molecule has 12 heavy (non-hydrogen) atoms. The van der Waals surface area contributed by atoms with E-state index in [0.29, 0.717) is 13.1 Å². The van der Waals surface area contributed by atoms with Gasteiger partial charge in [-0.05, 0) is 19.8 Å². The van der Waals surface area contributed by atoms with E-state index in [1.54, 1.807) is 0 Å². The van der Waals surface area contributed by atoms with Gasteiger partial charge in [-0.25, -0.2) is 0 Å². The monoisotopic (exact) mass is 168 g/mol. The van der Waals surface area contributed by atoms with E-state index in [-0.39, 0.29) is 17.4 Å². The van der Waals surface area contributed by atoms with Gasteiger partial charge >= 0.3 is 0 Å². The van der Waals surface area contributed by atoms with E-state index in [0.717, 1.165) is 12.8 Å². The summed E-state index contributed by atoms with van der Waals surface area (Å²) in [5.41, 5.74) is 0.132. The SMILES string of the molecule is CC1(N2CC(=O)NC(=O)C2)CC1. The third-order valence-electron chi connectivity index (χ3n) is 2.68. The molecular weight excluding hydrogens is 156 g/mol. The van der Waals surface area contributed by atoms with E-state index in [1.807, 2.05) is 4.90 Å². The molecule has 0 aromatic heterocycles. The molecule has 4 heteroatoms. The number of rotatable bonds is 1. The lowest BCUT2D eigenvalue weighted by molar-refractivity contribution is -0.137. The van der Waals surface area contributed by atoms with Crippen LogP contribution in [-0.4, -0.2) is 35.3 Å². The molecule has 1 heterocycles. The van der Waals surface area contributed by atoms with Crippen molar-refractivity contribution in [2.24, 2.45) is 0 Å². The van der Waals surface area contributed by atoms with Gasteiger partial charge in [-0.15, -0.1) is 0 Å². The molecule has 0 aromatic carbocycles. The van der Waals surface area contributed by atoms with E-state index < -0.39 is 0 Å². The zero-order valence-electron chi connectivity index (χ0n) is 7.09. The molecule has 2 amide bonds. The Morgan fingerprint density at radius 1 is 1.25 bits per heavy atom. The molecule has 1 aliphatic heterocycles.